The molecule has 178 valence electrons. The molecular formula is C25H33N3O4S. The lowest BCUT2D eigenvalue weighted by Crippen LogP contribution is -2.70. The predicted octanol–water partition coefficient (Wildman–Crippen LogP) is 3.21. The van der Waals surface area contributed by atoms with E-state index in [1.165, 1.54) is 17.0 Å². The highest BCUT2D eigenvalue weighted by molar-refractivity contribution is 7.89. The number of para-hydroxylation sites is 1. The van der Waals surface area contributed by atoms with Gasteiger partial charge in [-0.15, -0.1) is 0 Å². The molecule has 3 rings (SSSR count). The third-order valence-corrected chi connectivity index (χ3v) is 7.84. The fourth-order valence-corrected chi connectivity index (χ4v) is 5.65. The number of aryl methyl sites for hydroxylation is 1. The Hall–Kier alpha value is -2.71. The molecule has 0 aromatic heterocycles. The summed E-state index contributed by atoms with van der Waals surface area (Å²) in [5, 5.41) is 2.94. The number of sulfonamides is 1. The molecule has 7 nitrogen and oxygen atoms in total. The van der Waals surface area contributed by atoms with Crippen molar-refractivity contribution in [3.63, 3.8) is 0 Å². The van der Waals surface area contributed by atoms with Crippen molar-refractivity contribution < 1.29 is 18.0 Å². The molecule has 2 aromatic rings. The minimum Gasteiger partial charge on any atom is -0.354 e. The van der Waals surface area contributed by atoms with E-state index in [1.54, 1.807) is 25.1 Å². The average molecular weight is 472 g/mol. The average Bonchev–Trinajstić information content (AvgIpc) is 2.79. The normalized spacial score (nSPS) is 19.7. The maximum Gasteiger partial charge on any atom is 0.247 e. The van der Waals surface area contributed by atoms with E-state index in [0.717, 1.165) is 16.3 Å². The van der Waals surface area contributed by atoms with Gasteiger partial charge in [-0.1, -0.05) is 57.2 Å². The highest BCUT2D eigenvalue weighted by Crippen LogP contribution is 2.34. The van der Waals surface area contributed by atoms with Crippen LogP contribution < -0.4 is 10.2 Å². The Balaban J connectivity index is 2.04. The second-order valence-electron chi connectivity index (χ2n) is 9.01. The van der Waals surface area contributed by atoms with E-state index in [2.05, 4.69) is 19.2 Å². The Morgan fingerprint density at radius 2 is 1.73 bits per heavy atom. The summed E-state index contributed by atoms with van der Waals surface area (Å²) >= 11 is 0. The minimum atomic E-state index is -3.95. The molecule has 0 bridgehead atoms. The summed E-state index contributed by atoms with van der Waals surface area (Å²) in [5.41, 5.74) is 0.161. The zero-order valence-corrected chi connectivity index (χ0v) is 20.6. The molecule has 0 aliphatic carbocycles. The van der Waals surface area contributed by atoms with Crippen LogP contribution in [0.3, 0.4) is 0 Å². The number of hydrogen-bond donors (Lipinski definition) is 1. The van der Waals surface area contributed by atoms with Crippen LogP contribution in [0, 0.1) is 5.92 Å². The molecule has 1 heterocycles. The molecule has 1 atom stereocenters. The van der Waals surface area contributed by atoms with Crippen molar-refractivity contribution in [2.45, 2.75) is 51.0 Å². The molecule has 0 unspecified atom stereocenters. The van der Waals surface area contributed by atoms with Crippen LogP contribution in [0.15, 0.2) is 59.5 Å². The molecule has 1 N–H and O–H groups in total. The molecule has 33 heavy (non-hydrogen) atoms. The van der Waals surface area contributed by atoms with Gasteiger partial charge in [0.1, 0.15) is 5.54 Å². The molecule has 1 aliphatic heterocycles. The molecular weight excluding hydrogens is 438 g/mol. The van der Waals surface area contributed by atoms with Crippen LogP contribution in [-0.2, 0) is 26.0 Å². The third-order valence-electron chi connectivity index (χ3n) is 6.03. The van der Waals surface area contributed by atoms with Gasteiger partial charge < -0.3 is 5.32 Å². The van der Waals surface area contributed by atoms with Crippen LogP contribution in [-0.4, -0.2) is 49.7 Å². The van der Waals surface area contributed by atoms with Crippen LogP contribution >= 0.6 is 0 Å². The zero-order valence-electron chi connectivity index (χ0n) is 19.7. The van der Waals surface area contributed by atoms with Gasteiger partial charge in [0.15, 0.2) is 0 Å². The van der Waals surface area contributed by atoms with E-state index in [-0.39, 0.29) is 23.9 Å². The van der Waals surface area contributed by atoms with E-state index in [1.807, 2.05) is 31.2 Å². The molecule has 0 saturated carbocycles. The molecule has 1 saturated heterocycles. The lowest BCUT2D eigenvalue weighted by atomic mass is 9.93. The topological polar surface area (TPSA) is 86.8 Å². The van der Waals surface area contributed by atoms with E-state index in [4.69, 9.17) is 0 Å². The molecule has 1 fully saturated rings. The fourth-order valence-electron chi connectivity index (χ4n) is 4.14. The first-order valence-electron chi connectivity index (χ1n) is 11.4. The van der Waals surface area contributed by atoms with Crippen molar-refractivity contribution in [1.82, 2.24) is 9.62 Å². The Labute approximate surface area is 196 Å². The van der Waals surface area contributed by atoms with Gasteiger partial charge in [0.05, 0.1) is 11.4 Å². The van der Waals surface area contributed by atoms with Gasteiger partial charge in [0, 0.05) is 18.8 Å². The number of piperazine rings is 1. The van der Waals surface area contributed by atoms with E-state index < -0.39 is 21.5 Å². The van der Waals surface area contributed by atoms with Gasteiger partial charge in [0.2, 0.25) is 21.8 Å². The highest BCUT2D eigenvalue weighted by Gasteiger charge is 2.51. The number of nitrogens with zero attached hydrogens (tertiary/aromatic N) is 2. The van der Waals surface area contributed by atoms with Gasteiger partial charge in [-0.25, -0.2) is 8.42 Å². The number of anilines is 1. The fraction of sp³-hybridized carbons (Fsp3) is 0.440. The summed E-state index contributed by atoms with van der Waals surface area (Å²) in [5.74, 6) is -0.392. The van der Waals surface area contributed by atoms with Crippen LogP contribution in [0.4, 0.5) is 5.69 Å². The molecule has 2 aromatic carbocycles. The zero-order chi connectivity index (χ0) is 24.2. The maximum absolute atomic E-state index is 13.5. The summed E-state index contributed by atoms with van der Waals surface area (Å²) < 4.78 is 27.8. The largest absolute Gasteiger partial charge is 0.354 e. The van der Waals surface area contributed by atoms with Gasteiger partial charge in [-0.2, -0.15) is 4.31 Å². The molecule has 1 aliphatic rings. The predicted molar refractivity (Wildman–Crippen MR) is 129 cm³/mol. The summed E-state index contributed by atoms with van der Waals surface area (Å²) in [6.07, 6.45) is 1.46. The quantitative estimate of drug-likeness (QED) is 0.641. The van der Waals surface area contributed by atoms with Gasteiger partial charge in [0.25, 0.3) is 0 Å². The highest BCUT2D eigenvalue weighted by atomic mass is 32.2. The van der Waals surface area contributed by atoms with Crippen molar-refractivity contribution >= 4 is 27.5 Å². The smallest absolute Gasteiger partial charge is 0.247 e. The second-order valence-corrected chi connectivity index (χ2v) is 10.9. The lowest BCUT2D eigenvalue weighted by molar-refractivity contribution is -0.132. The number of nitrogens with one attached hydrogen (secondary N) is 1. The van der Waals surface area contributed by atoms with Gasteiger partial charge in [-0.3, -0.25) is 14.5 Å². The van der Waals surface area contributed by atoms with E-state index >= 15 is 0 Å². The Morgan fingerprint density at radius 3 is 2.36 bits per heavy atom. The number of rotatable bonds is 8. The summed E-state index contributed by atoms with van der Waals surface area (Å²) in [6.45, 7) is 7.75. The summed E-state index contributed by atoms with van der Waals surface area (Å²) in [4.78, 5) is 28.6. The third kappa shape index (κ3) is 5.12. The first kappa shape index (κ1) is 24.9. The van der Waals surface area contributed by atoms with E-state index in [0.29, 0.717) is 24.6 Å². The van der Waals surface area contributed by atoms with Crippen molar-refractivity contribution in [2.24, 2.45) is 5.92 Å². The second kappa shape index (κ2) is 10.1. The minimum absolute atomic E-state index is 0.0998. The van der Waals surface area contributed by atoms with E-state index in [9.17, 15) is 18.0 Å². The first-order chi connectivity index (χ1) is 15.6. The number of hydrogen-bond acceptors (Lipinski definition) is 4. The Kier molecular flexibility index (Phi) is 7.59. The summed E-state index contributed by atoms with van der Waals surface area (Å²) in [6, 6.07) is 15.5. The number of carbonyl (C=O) groups excluding carboxylic acids is 2. The molecule has 0 radical (unpaired) electrons. The van der Waals surface area contributed by atoms with Crippen molar-refractivity contribution in [3.05, 3.63) is 60.2 Å². The number of benzene rings is 2. The lowest BCUT2D eigenvalue weighted by Gasteiger charge is -2.47. The van der Waals surface area contributed by atoms with Crippen LogP contribution in [0.5, 0.6) is 0 Å². The van der Waals surface area contributed by atoms with Gasteiger partial charge in [-0.05, 0) is 49.4 Å². The number of carbonyl (C=O) groups is 2. The Morgan fingerprint density at radius 1 is 1.09 bits per heavy atom. The SMILES string of the molecule is CCc1ccccc1N1C(=O)CN(S(=O)(=O)c2ccccc2)C[C@@]1(C)C(=O)NCCC(C)C. The van der Waals surface area contributed by atoms with Crippen LogP contribution in [0.2, 0.25) is 0 Å². The van der Waals surface area contributed by atoms with Crippen molar-refractivity contribution in [3.8, 4) is 0 Å². The monoisotopic (exact) mass is 471 g/mol. The Bertz CT molecular complexity index is 1100. The van der Waals surface area contributed by atoms with Crippen LogP contribution in [0.25, 0.3) is 0 Å². The standard InChI is InChI=1S/C25H33N3O4S/c1-5-20-11-9-10-14-22(20)28-23(29)17-27(33(31,32)21-12-7-6-8-13-21)18-25(28,4)24(30)26-16-15-19(2)3/h6-14,19H,5,15-18H2,1-4H3,(H,26,30)/t25-/m0/s1. The van der Waals surface area contributed by atoms with Crippen molar-refractivity contribution in [2.75, 3.05) is 24.5 Å². The maximum atomic E-state index is 13.5. The van der Waals surface area contributed by atoms with Gasteiger partial charge >= 0.3 is 0 Å². The molecule has 2 amide bonds. The first-order valence-corrected chi connectivity index (χ1v) is 12.8. The van der Waals surface area contributed by atoms with Crippen molar-refractivity contribution in [1.29, 1.82) is 0 Å². The van der Waals surface area contributed by atoms with Crippen LogP contribution in [0.1, 0.15) is 39.7 Å². The molecule has 0 spiro atoms. The molecule has 8 heteroatoms. The number of amides is 2. The summed E-state index contributed by atoms with van der Waals surface area (Å²) in [7, 11) is -3.95.